The van der Waals surface area contributed by atoms with Crippen LogP contribution < -0.4 is 0 Å². The maximum absolute atomic E-state index is 12.7. The van der Waals surface area contributed by atoms with Gasteiger partial charge in [0.05, 0.1) is 0 Å². The highest BCUT2D eigenvalue weighted by Gasteiger charge is 2.19. The Morgan fingerprint density at radius 3 is 0.897 bits per heavy atom. The van der Waals surface area contributed by atoms with Gasteiger partial charge in [-0.15, -0.1) is 0 Å². The minimum atomic E-state index is -0.787. The van der Waals surface area contributed by atoms with Gasteiger partial charge in [0.15, 0.2) is 6.10 Å². The van der Waals surface area contributed by atoms with Crippen molar-refractivity contribution < 1.29 is 28.6 Å². The Labute approximate surface area is 419 Å². The third-order valence-corrected chi connectivity index (χ3v) is 11.5. The van der Waals surface area contributed by atoms with Crippen LogP contribution >= 0.6 is 0 Å². The molecule has 0 N–H and O–H groups in total. The molecule has 0 aliphatic heterocycles. The summed E-state index contributed by atoms with van der Waals surface area (Å²) in [4.78, 5) is 37.8. The molecule has 0 bridgehead atoms. The van der Waals surface area contributed by atoms with Gasteiger partial charge in [0, 0.05) is 19.3 Å². The molecular formula is C62H102O6. The van der Waals surface area contributed by atoms with Crippen LogP contribution in [0.3, 0.4) is 0 Å². The molecule has 0 spiro atoms. The molecule has 0 fully saturated rings. The van der Waals surface area contributed by atoms with Crippen LogP contribution in [0.2, 0.25) is 0 Å². The zero-order valence-corrected chi connectivity index (χ0v) is 44.1. The maximum atomic E-state index is 12.7. The van der Waals surface area contributed by atoms with E-state index in [1.54, 1.807) is 0 Å². The third-order valence-electron chi connectivity index (χ3n) is 11.5. The van der Waals surface area contributed by atoms with Crippen LogP contribution in [0.5, 0.6) is 0 Å². The largest absolute Gasteiger partial charge is 0.462 e. The minimum absolute atomic E-state index is 0.0872. The fourth-order valence-corrected chi connectivity index (χ4v) is 7.37. The number of hydrogen-bond acceptors (Lipinski definition) is 6. The molecular weight excluding hydrogens is 841 g/mol. The summed E-state index contributed by atoms with van der Waals surface area (Å²) in [5.41, 5.74) is 0. The van der Waals surface area contributed by atoms with Crippen molar-refractivity contribution in [2.45, 2.75) is 252 Å². The van der Waals surface area contributed by atoms with E-state index in [9.17, 15) is 14.4 Å². The number of esters is 3. The summed E-state index contributed by atoms with van der Waals surface area (Å²) in [6.07, 6.45) is 75.3. The first-order chi connectivity index (χ1) is 33.5. The van der Waals surface area contributed by atoms with E-state index in [-0.39, 0.29) is 31.1 Å². The number of ether oxygens (including phenoxy) is 3. The van der Waals surface area contributed by atoms with E-state index in [2.05, 4.69) is 130 Å². The molecule has 1 atom stereocenters. The van der Waals surface area contributed by atoms with E-state index in [0.29, 0.717) is 19.3 Å². The number of carbonyl (C=O) groups excluding carboxylic acids is 3. The van der Waals surface area contributed by atoms with Crippen molar-refractivity contribution in [1.82, 2.24) is 0 Å². The lowest BCUT2D eigenvalue weighted by Crippen LogP contribution is -2.30. The van der Waals surface area contributed by atoms with Gasteiger partial charge in [-0.25, -0.2) is 0 Å². The van der Waals surface area contributed by atoms with Crippen molar-refractivity contribution in [1.29, 1.82) is 0 Å². The number of unbranched alkanes of at least 4 members (excludes halogenated alkanes) is 20. The summed E-state index contributed by atoms with van der Waals surface area (Å²) in [5.74, 6) is -0.930. The molecule has 6 nitrogen and oxygen atoms in total. The van der Waals surface area contributed by atoms with Gasteiger partial charge < -0.3 is 14.2 Å². The van der Waals surface area contributed by atoms with Crippen molar-refractivity contribution in [3.8, 4) is 0 Å². The average molecular weight is 943 g/mol. The second-order valence-electron chi connectivity index (χ2n) is 18.1. The monoisotopic (exact) mass is 943 g/mol. The van der Waals surface area contributed by atoms with Gasteiger partial charge in [-0.05, 0) is 89.9 Å². The molecule has 0 aliphatic rings. The molecule has 6 heteroatoms. The zero-order chi connectivity index (χ0) is 49.3. The molecule has 0 rings (SSSR count). The second-order valence-corrected chi connectivity index (χ2v) is 18.1. The normalized spacial score (nSPS) is 12.9. The first-order valence-corrected chi connectivity index (χ1v) is 27.9. The molecule has 0 amide bonds. The quantitative estimate of drug-likeness (QED) is 0.0262. The van der Waals surface area contributed by atoms with Crippen LogP contribution in [0.15, 0.2) is 109 Å². The molecule has 0 aromatic heterocycles. The Bertz CT molecular complexity index is 1410. The molecule has 0 saturated carbocycles. The van der Waals surface area contributed by atoms with Gasteiger partial charge in [0.25, 0.3) is 0 Å². The number of allylic oxidation sites excluding steroid dienone is 18. The molecule has 0 saturated heterocycles. The van der Waals surface area contributed by atoms with E-state index >= 15 is 0 Å². The van der Waals surface area contributed by atoms with Crippen LogP contribution in [0, 0.1) is 0 Å². The Balaban J connectivity index is 4.22. The molecule has 0 aromatic rings. The predicted molar refractivity (Wildman–Crippen MR) is 293 cm³/mol. The van der Waals surface area contributed by atoms with Gasteiger partial charge in [-0.2, -0.15) is 0 Å². The standard InChI is InChI=1S/C62H102O6/c1-4-7-10-13-16-18-20-22-23-24-25-26-27-28-29-30-31-32-33-34-35-36-37-38-39-40-42-43-46-49-52-55-61(64)67-58-59(57-66-60(63)54-51-48-45-15-12-9-6-3)68-62(65)56-53-50-47-44-41-21-19-17-14-11-8-5-2/h7,10,16,18,22-23,25-26,28-29,31-32,34-35,37-38,40,42,59H,4-6,8-9,11-15,17,19-21,24,27,30,33,36,39,41,43-58H2,1-3H3/b10-7-,18-16-,23-22-,26-25-,29-28-,32-31-,35-34-,38-37-,42-40-. The highest BCUT2D eigenvalue weighted by atomic mass is 16.6. The Kier molecular flexibility index (Phi) is 52.4. The topological polar surface area (TPSA) is 78.9 Å². The number of rotatable bonds is 49. The van der Waals surface area contributed by atoms with Gasteiger partial charge in [0.2, 0.25) is 0 Å². The first-order valence-electron chi connectivity index (χ1n) is 27.9. The molecule has 0 heterocycles. The summed E-state index contributed by atoms with van der Waals surface area (Å²) < 4.78 is 16.7. The van der Waals surface area contributed by atoms with Crippen molar-refractivity contribution >= 4 is 17.9 Å². The van der Waals surface area contributed by atoms with Crippen molar-refractivity contribution in [2.75, 3.05) is 13.2 Å². The zero-order valence-electron chi connectivity index (χ0n) is 44.1. The molecule has 68 heavy (non-hydrogen) atoms. The number of hydrogen-bond donors (Lipinski definition) is 0. The fourth-order valence-electron chi connectivity index (χ4n) is 7.37. The lowest BCUT2D eigenvalue weighted by atomic mass is 10.0. The van der Waals surface area contributed by atoms with Crippen molar-refractivity contribution in [3.63, 3.8) is 0 Å². The molecule has 0 aliphatic carbocycles. The van der Waals surface area contributed by atoms with Crippen LogP contribution in [-0.4, -0.2) is 37.2 Å². The van der Waals surface area contributed by atoms with E-state index < -0.39 is 6.10 Å². The lowest BCUT2D eigenvalue weighted by Gasteiger charge is -2.18. The highest BCUT2D eigenvalue weighted by Crippen LogP contribution is 2.14. The van der Waals surface area contributed by atoms with E-state index in [1.165, 1.54) is 83.5 Å². The predicted octanol–water partition coefficient (Wildman–Crippen LogP) is 18.7. The first kappa shape index (κ1) is 64.1. The maximum Gasteiger partial charge on any atom is 0.306 e. The number of carbonyl (C=O) groups is 3. The van der Waals surface area contributed by atoms with Crippen molar-refractivity contribution in [3.05, 3.63) is 109 Å². The molecule has 0 radical (unpaired) electrons. The van der Waals surface area contributed by atoms with Crippen LogP contribution in [0.1, 0.15) is 245 Å². The molecule has 386 valence electrons. The second kappa shape index (κ2) is 55.7. The van der Waals surface area contributed by atoms with Crippen molar-refractivity contribution in [2.24, 2.45) is 0 Å². The van der Waals surface area contributed by atoms with Gasteiger partial charge in [-0.3, -0.25) is 14.4 Å². The van der Waals surface area contributed by atoms with Gasteiger partial charge in [0.1, 0.15) is 13.2 Å². The van der Waals surface area contributed by atoms with E-state index in [4.69, 9.17) is 14.2 Å². The summed E-state index contributed by atoms with van der Waals surface area (Å²) in [6.45, 7) is 6.44. The van der Waals surface area contributed by atoms with Crippen LogP contribution in [-0.2, 0) is 28.6 Å². The molecule has 1 unspecified atom stereocenters. The van der Waals surface area contributed by atoms with Gasteiger partial charge >= 0.3 is 17.9 Å². The summed E-state index contributed by atoms with van der Waals surface area (Å²) in [7, 11) is 0. The van der Waals surface area contributed by atoms with E-state index in [0.717, 1.165) is 122 Å². The summed E-state index contributed by atoms with van der Waals surface area (Å²) >= 11 is 0. The van der Waals surface area contributed by atoms with Crippen LogP contribution in [0.4, 0.5) is 0 Å². The minimum Gasteiger partial charge on any atom is -0.462 e. The van der Waals surface area contributed by atoms with E-state index in [1.807, 2.05) is 0 Å². The molecule has 0 aromatic carbocycles. The van der Waals surface area contributed by atoms with Crippen LogP contribution in [0.25, 0.3) is 0 Å². The van der Waals surface area contributed by atoms with Gasteiger partial charge in [-0.1, -0.05) is 246 Å². The lowest BCUT2D eigenvalue weighted by molar-refractivity contribution is -0.167. The smallest absolute Gasteiger partial charge is 0.306 e. The summed E-state index contributed by atoms with van der Waals surface area (Å²) in [5, 5.41) is 0. The fraction of sp³-hybridized carbons (Fsp3) is 0.661. The Morgan fingerprint density at radius 1 is 0.309 bits per heavy atom. The average Bonchev–Trinajstić information content (AvgIpc) is 3.34. The third kappa shape index (κ3) is 53.0. The Hall–Kier alpha value is -3.93. The highest BCUT2D eigenvalue weighted by molar-refractivity contribution is 5.71. The Morgan fingerprint density at radius 2 is 0.574 bits per heavy atom. The summed E-state index contributed by atoms with van der Waals surface area (Å²) in [6, 6.07) is 0. The SMILES string of the molecule is CC/C=C\C/C=C\C/C=C\C/C=C\C/C=C\C/C=C\C/C=C\C/C=C\C/C=C\CCCCCC(=O)OCC(COC(=O)CCCCCCCCC)OC(=O)CCCCCCCCCCCCCC.